The summed E-state index contributed by atoms with van der Waals surface area (Å²) >= 11 is 6.20. The lowest BCUT2D eigenvalue weighted by molar-refractivity contribution is 0.302. The third-order valence-electron chi connectivity index (χ3n) is 4.08. The highest BCUT2D eigenvalue weighted by Gasteiger charge is 2.05. The lowest BCUT2D eigenvalue weighted by Crippen LogP contribution is -2.13. The number of benzene rings is 3. The molecule has 0 aliphatic carbocycles. The first kappa shape index (κ1) is 17.5. The average molecular weight is 352 g/mol. The van der Waals surface area contributed by atoms with Crippen LogP contribution in [-0.4, -0.2) is 0 Å². The van der Waals surface area contributed by atoms with E-state index in [9.17, 15) is 0 Å². The summed E-state index contributed by atoms with van der Waals surface area (Å²) in [4.78, 5) is 0. The van der Waals surface area contributed by atoms with Gasteiger partial charge in [0, 0.05) is 29.2 Å². The monoisotopic (exact) mass is 351 g/mol. The maximum Gasteiger partial charge on any atom is 0.124 e. The zero-order valence-corrected chi connectivity index (χ0v) is 15.1. The first-order chi connectivity index (χ1) is 12.2. The summed E-state index contributed by atoms with van der Waals surface area (Å²) in [7, 11) is 0. The normalized spacial score (nSPS) is 10.6. The highest BCUT2D eigenvalue weighted by molar-refractivity contribution is 6.31. The van der Waals surface area contributed by atoms with Gasteiger partial charge in [-0.2, -0.15) is 0 Å². The van der Waals surface area contributed by atoms with Crippen molar-refractivity contribution in [3.63, 3.8) is 0 Å². The van der Waals surface area contributed by atoms with E-state index in [0.29, 0.717) is 6.61 Å². The molecule has 0 aliphatic rings. The molecule has 3 aromatic carbocycles. The number of ether oxygens (including phenoxy) is 1. The first-order valence-electron chi connectivity index (χ1n) is 8.43. The molecule has 1 N–H and O–H groups in total. The first-order valence-corrected chi connectivity index (χ1v) is 8.80. The van der Waals surface area contributed by atoms with Crippen LogP contribution >= 0.6 is 11.6 Å². The standard InChI is InChI=1S/C22H22ClNO/c1-17-10-12-18(13-11-17)14-24-15-19-6-3-5-9-22(19)25-16-20-7-2-4-8-21(20)23/h2-13,24H,14-16H2,1H3. The van der Waals surface area contributed by atoms with Crippen molar-refractivity contribution in [3.05, 3.63) is 100 Å². The predicted molar refractivity (Wildman–Crippen MR) is 104 cm³/mol. The molecule has 0 unspecified atom stereocenters. The summed E-state index contributed by atoms with van der Waals surface area (Å²) < 4.78 is 6.00. The number of hydrogen-bond acceptors (Lipinski definition) is 2. The fraction of sp³-hybridized carbons (Fsp3) is 0.182. The smallest absolute Gasteiger partial charge is 0.124 e. The van der Waals surface area contributed by atoms with Gasteiger partial charge in [0.2, 0.25) is 0 Å². The van der Waals surface area contributed by atoms with Crippen molar-refractivity contribution in [1.82, 2.24) is 5.32 Å². The molecule has 2 nitrogen and oxygen atoms in total. The Bertz CT molecular complexity index is 814. The van der Waals surface area contributed by atoms with Crippen molar-refractivity contribution in [2.45, 2.75) is 26.6 Å². The van der Waals surface area contributed by atoms with Crippen molar-refractivity contribution >= 4 is 11.6 Å². The van der Waals surface area contributed by atoms with Gasteiger partial charge in [0.05, 0.1) is 0 Å². The highest BCUT2D eigenvalue weighted by atomic mass is 35.5. The Balaban J connectivity index is 1.59. The van der Waals surface area contributed by atoms with E-state index >= 15 is 0 Å². The van der Waals surface area contributed by atoms with E-state index in [1.54, 1.807) is 0 Å². The molecule has 0 spiro atoms. The highest BCUT2D eigenvalue weighted by Crippen LogP contribution is 2.22. The number of rotatable bonds is 7. The van der Waals surface area contributed by atoms with Gasteiger partial charge in [-0.15, -0.1) is 0 Å². The van der Waals surface area contributed by atoms with Gasteiger partial charge in [0.25, 0.3) is 0 Å². The molecule has 0 radical (unpaired) electrons. The molecular weight excluding hydrogens is 330 g/mol. The van der Waals surface area contributed by atoms with Crippen molar-refractivity contribution in [1.29, 1.82) is 0 Å². The minimum Gasteiger partial charge on any atom is -0.489 e. The summed E-state index contributed by atoms with van der Waals surface area (Å²) in [6.07, 6.45) is 0. The molecule has 0 fully saturated rings. The van der Waals surface area contributed by atoms with Crippen LogP contribution < -0.4 is 10.1 Å². The van der Waals surface area contributed by atoms with E-state index < -0.39 is 0 Å². The summed E-state index contributed by atoms with van der Waals surface area (Å²) in [6.45, 7) is 4.16. The van der Waals surface area contributed by atoms with Crippen LogP contribution in [0.2, 0.25) is 5.02 Å². The fourth-order valence-electron chi connectivity index (χ4n) is 2.61. The maximum absolute atomic E-state index is 6.20. The lowest BCUT2D eigenvalue weighted by atomic mass is 10.1. The molecule has 3 aromatic rings. The summed E-state index contributed by atoms with van der Waals surface area (Å²) in [5.74, 6) is 0.888. The van der Waals surface area contributed by atoms with Crippen molar-refractivity contribution in [3.8, 4) is 5.75 Å². The van der Waals surface area contributed by atoms with Crippen molar-refractivity contribution < 1.29 is 4.74 Å². The van der Waals surface area contributed by atoms with Gasteiger partial charge in [0.1, 0.15) is 12.4 Å². The molecule has 0 saturated carbocycles. The Labute approximate surface area is 154 Å². The van der Waals surface area contributed by atoms with Crippen molar-refractivity contribution in [2.75, 3.05) is 0 Å². The molecule has 0 bridgehead atoms. The van der Waals surface area contributed by atoms with Crippen LogP contribution in [0.25, 0.3) is 0 Å². The summed E-state index contributed by atoms with van der Waals surface area (Å²) in [5.41, 5.74) is 4.69. The number of para-hydroxylation sites is 1. The van der Waals surface area contributed by atoms with E-state index in [2.05, 4.69) is 42.6 Å². The number of nitrogens with one attached hydrogen (secondary N) is 1. The van der Waals surface area contributed by atoms with E-state index in [-0.39, 0.29) is 0 Å². The van der Waals surface area contributed by atoms with Crippen LogP contribution in [0.15, 0.2) is 72.8 Å². The van der Waals surface area contributed by atoms with Gasteiger partial charge in [0.15, 0.2) is 0 Å². The lowest BCUT2D eigenvalue weighted by Gasteiger charge is -2.13. The minimum absolute atomic E-state index is 0.467. The molecular formula is C22H22ClNO. The van der Waals surface area contributed by atoms with Gasteiger partial charge in [-0.25, -0.2) is 0 Å². The van der Waals surface area contributed by atoms with E-state index in [4.69, 9.17) is 16.3 Å². The predicted octanol–water partition coefficient (Wildman–Crippen LogP) is 5.52. The van der Waals surface area contributed by atoms with Crippen molar-refractivity contribution in [2.24, 2.45) is 0 Å². The zero-order valence-electron chi connectivity index (χ0n) is 14.3. The fourth-order valence-corrected chi connectivity index (χ4v) is 2.80. The molecule has 3 rings (SSSR count). The molecule has 0 amide bonds. The van der Waals surface area contributed by atoms with Crippen LogP contribution in [0.4, 0.5) is 0 Å². The average Bonchev–Trinajstić information content (AvgIpc) is 2.64. The van der Waals surface area contributed by atoms with Crippen LogP contribution in [0.5, 0.6) is 5.75 Å². The van der Waals surface area contributed by atoms with Gasteiger partial charge < -0.3 is 10.1 Å². The number of halogens is 1. The van der Waals surface area contributed by atoms with E-state index in [1.807, 2.05) is 42.5 Å². The second-order valence-electron chi connectivity index (χ2n) is 6.08. The Morgan fingerprint density at radius 3 is 2.24 bits per heavy atom. The van der Waals surface area contributed by atoms with Crippen LogP contribution in [0.3, 0.4) is 0 Å². The minimum atomic E-state index is 0.467. The second kappa shape index (κ2) is 8.70. The number of hydrogen-bond donors (Lipinski definition) is 1. The number of aryl methyl sites for hydroxylation is 1. The molecule has 0 atom stereocenters. The van der Waals surface area contributed by atoms with E-state index in [0.717, 1.165) is 35.0 Å². The maximum atomic E-state index is 6.20. The van der Waals surface area contributed by atoms with Crippen LogP contribution in [0, 0.1) is 6.92 Å². The molecule has 0 aromatic heterocycles. The van der Waals surface area contributed by atoms with E-state index in [1.165, 1.54) is 11.1 Å². The molecule has 0 aliphatic heterocycles. The SMILES string of the molecule is Cc1ccc(CNCc2ccccc2OCc2ccccc2Cl)cc1. The Morgan fingerprint density at radius 2 is 1.48 bits per heavy atom. The Morgan fingerprint density at radius 1 is 0.800 bits per heavy atom. The molecule has 3 heteroatoms. The third-order valence-corrected chi connectivity index (χ3v) is 4.45. The molecule has 128 valence electrons. The van der Waals surface area contributed by atoms with Gasteiger partial charge in [-0.05, 0) is 24.6 Å². The Kier molecular flexibility index (Phi) is 6.10. The van der Waals surface area contributed by atoms with Gasteiger partial charge in [-0.1, -0.05) is 77.8 Å². The zero-order chi connectivity index (χ0) is 17.5. The molecule has 0 saturated heterocycles. The topological polar surface area (TPSA) is 21.3 Å². The molecule has 25 heavy (non-hydrogen) atoms. The van der Waals surface area contributed by atoms with Gasteiger partial charge >= 0.3 is 0 Å². The summed E-state index contributed by atoms with van der Waals surface area (Å²) in [6, 6.07) is 24.5. The van der Waals surface area contributed by atoms with Gasteiger partial charge in [-0.3, -0.25) is 0 Å². The quantitative estimate of drug-likeness (QED) is 0.605. The summed E-state index contributed by atoms with van der Waals surface area (Å²) in [5, 5.41) is 4.22. The Hall–Kier alpha value is -2.29. The molecule has 0 heterocycles. The largest absolute Gasteiger partial charge is 0.489 e. The van der Waals surface area contributed by atoms with Crippen LogP contribution in [0.1, 0.15) is 22.3 Å². The second-order valence-corrected chi connectivity index (χ2v) is 6.48. The third kappa shape index (κ3) is 5.09. The van der Waals surface area contributed by atoms with Crippen LogP contribution in [-0.2, 0) is 19.7 Å².